The molecule has 1 spiro atoms. The number of hydrogen-bond acceptors (Lipinski definition) is 4. The quantitative estimate of drug-likeness (QED) is 0.622. The maximum atomic E-state index is 13.4. The fourth-order valence-corrected chi connectivity index (χ4v) is 5.78. The largest absolute Gasteiger partial charge is 0.481 e. The van der Waals surface area contributed by atoms with E-state index < -0.39 is 23.4 Å². The first kappa shape index (κ1) is 23.4. The van der Waals surface area contributed by atoms with Crippen LogP contribution in [0.15, 0.2) is 48.5 Å². The average Bonchev–Trinajstić information content (AvgIpc) is 3.42. The molecule has 2 fully saturated rings. The van der Waals surface area contributed by atoms with Crippen LogP contribution in [0.5, 0.6) is 0 Å². The predicted molar refractivity (Wildman–Crippen MR) is 131 cm³/mol. The molecule has 2 aromatic rings. The zero-order valence-corrected chi connectivity index (χ0v) is 20.3. The van der Waals surface area contributed by atoms with Crippen molar-refractivity contribution in [1.29, 1.82) is 0 Å². The minimum Gasteiger partial charge on any atom is -0.481 e. The van der Waals surface area contributed by atoms with Gasteiger partial charge in [0.25, 0.3) is 0 Å². The van der Waals surface area contributed by atoms with Gasteiger partial charge >= 0.3 is 12.1 Å². The maximum absolute atomic E-state index is 13.4. The van der Waals surface area contributed by atoms with Crippen LogP contribution >= 0.6 is 0 Å². The van der Waals surface area contributed by atoms with Crippen molar-refractivity contribution >= 4 is 18.0 Å². The highest BCUT2D eigenvalue weighted by atomic mass is 16.5. The highest BCUT2D eigenvalue weighted by Crippen LogP contribution is 2.56. The lowest BCUT2D eigenvalue weighted by Gasteiger charge is -2.32. The molecule has 2 aromatic carbocycles. The summed E-state index contributed by atoms with van der Waals surface area (Å²) in [5.74, 6) is -1.45. The lowest BCUT2D eigenvalue weighted by Crippen LogP contribution is -2.48. The fraction of sp³-hybridized carbons (Fsp3) is 0.464. The molecule has 2 unspecified atom stereocenters. The Kier molecular flexibility index (Phi) is 5.82. The summed E-state index contributed by atoms with van der Waals surface area (Å²) in [4.78, 5) is 39.4. The van der Waals surface area contributed by atoms with E-state index in [9.17, 15) is 19.5 Å². The van der Waals surface area contributed by atoms with Crippen LogP contribution in [-0.2, 0) is 14.3 Å². The third-order valence-electron chi connectivity index (χ3n) is 8.39. The Morgan fingerprint density at radius 1 is 1.09 bits per heavy atom. The number of amides is 2. The molecule has 1 saturated heterocycles. The number of carbonyl (C=O) groups excluding carboxylic acids is 2. The molecule has 0 aromatic heterocycles. The summed E-state index contributed by atoms with van der Waals surface area (Å²) >= 11 is 0. The fourth-order valence-electron chi connectivity index (χ4n) is 5.78. The molecule has 1 heterocycles. The van der Waals surface area contributed by atoms with Gasteiger partial charge in [-0.3, -0.25) is 9.59 Å². The van der Waals surface area contributed by atoms with E-state index >= 15 is 0 Å². The number of carbonyl (C=O) groups is 3. The van der Waals surface area contributed by atoms with E-state index in [1.54, 1.807) is 4.90 Å². The number of carboxylic acids is 1. The average molecular weight is 477 g/mol. The van der Waals surface area contributed by atoms with Gasteiger partial charge in [0.15, 0.2) is 0 Å². The van der Waals surface area contributed by atoms with Crippen LogP contribution in [0, 0.1) is 16.7 Å². The molecule has 0 bridgehead atoms. The monoisotopic (exact) mass is 476 g/mol. The van der Waals surface area contributed by atoms with Crippen molar-refractivity contribution in [3.8, 4) is 11.1 Å². The first-order valence-electron chi connectivity index (χ1n) is 12.4. The van der Waals surface area contributed by atoms with Crippen LogP contribution in [-0.4, -0.2) is 54.2 Å². The lowest BCUT2D eigenvalue weighted by atomic mass is 9.85. The number of benzene rings is 2. The Labute approximate surface area is 205 Å². The summed E-state index contributed by atoms with van der Waals surface area (Å²) in [7, 11) is 0. The second kappa shape index (κ2) is 8.70. The Bertz CT molecular complexity index is 1130. The zero-order valence-electron chi connectivity index (χ0n) is 20.3. The Morgan fingerprint density at radius 2 is 1.69 bits per heavy atom. The minimum absolute atomic E-state index is 0.0281. The van der Waals surface area contributed by atoms with E-state index in [2.05, 4.69) is 29.6 Å². The van der Waals surface area contributed by atoms with Gasteiger partial charge in [-0.2, -0.15) is 0 Å². The Hall–Kier alpha value is -3.35. The van der Waals surface area contributed by atoms with Crippen LogP contribution in [0.2, 0.25) is 0 Å². The maximum Gasteiger partial charge on any atom is 0.407 e. The third kappa shape index (κ3) is 4.07. The highest BCUT2D eigenvalue weighted by Gasteiger charge is 2.59. The van der Waals surface area contributed by atoms with Gasteiger partial charge in [0.2, 0.25) is 5.91 Å². The molecule has 35 heavy (non-hydrogen) atoms. The topological polar surface area (TPSA) is 95.9 Å². The van der Waals surface area contributed by atoms with Gasteiger partial charge in [0, 0.05) is 31.0 Å². The number of ether oxygens (including phenoxy) is 1. The minimum atomic E-state index is -0.826. The molecular formula is C28H32N2O5. The van der Waals surface area contributed by atoms with E-state index in [0.29, 0.717) is 13.0 Å². The molecule has 3 aliphatic rings. The molecule has 184 valence electrons. The second-order valence-electron chi connectivity index (χ2n) is 10.5. The number of alkyl carbamates (subject to hydrolysis) is 1. The number of nitrogens with one attached hydrogen (secondary N) is 1. The van der Waals surface area contributed by atoms with Gasteiger partial charge in [0.1, 0.15) is 6.61 Å². The Morgan fingerprint density at radius 3 is 2.20 bits per heavy atom. The molecule has 1 saturated carbocycles. The van der Waals surface area contributed by atoms with Gasteiger partial charge in [0.05, 0.1) is 11.3 Å². The van der Waals surface area contributed by atoms with Crippen LogP contribution < -0.4 is 5.32 Å². The van der Waals surface area contributed by atoms with Crippen molar-refractivity contribution in [1.82, 2.24) is 10.2 Å². The zero-order chi connectivity index (χ0) is 24.8. The van der Waals surface area contributed by atoms with E-state index in [-0.39, 0.29) is 36.9 Å². The standard InChI is InChI=1S/C28H32N2O5/c1-3-27(2,25(33)30-14-23(24(31)32)28(17-30)12-13-28)16-29-26(34)35-15-22-20-10-6-4-8-18(20)19-9-5-7-11-21(19)22/h4-11,22-23H,3,12-17H2,1-2H3,(H,29,34)(H,31,32). The molecule has 5 rings (SSSR count). The van der Waals surface area contributed by atoms with Gasteiger partial charge in [-0.05, 0) is 48.4 Å². The van der Waals surface area contributed by atoms with E-state index in [4.69, 9.17) is 4.74 Å². The predicted octanol–water partition coefficient (Wildman–Crippen LogP) is 4.26. The number of carboxylic acid groups (broad SMARTS) is 1. The van der Waals surface area contributed by atoms with Gasteiger partial charge < -0.3 is 20.1 Å². The van der Waals surface area contributed by atoms with Gasteiger partial charge in [-0.15, -0.1) is 0 Å². The number of likely N-dealkylation sites (tertiary alicyclic amines) is 1. The normalized spacial score (nSPS) is 21.2. The van der Waals surface area contributed by atoms with Gasteiger partial charge in [-0.25, -0.2) is 4.79 Å². The third-order valence-corrected chi connectivity index (χ3v) is 8.39. The van der Waals surface area contributed by atoms with Gasteiger partial charge in [-0.1, -0.05) is 55.5 Å². The molecule has 2 atom stereocenters. The first-order valence-corrected chi connectivity index (χ1v) is 12.4. The summed E-state index contributed by atoms with van der Waals surface area (Å²) in [5, 5.41) is 12.4. The lowest BCUT2D eigenvalue weighted by molar-refractivity contribution is -0.143. The molecular weight excluding hydrogens is 444 g/mol. The van der Waals surface area contributed by atoms with E-state index in [0.717, 1.165) is 24.0 Å². The summed E-state index contributed by atoms with van der Waals surface area (Å²) in [6.07, 6.45) is 1.68. The Balaban J connectivity index is 1.20. The van der Waals surface area contributed by atoms with E-state index in [1.807, 2.05) is 38.1 Å². The number of rotatable bonds is 7. The number of aliphatic carboxylic acids is 1. The van der Waals surface area contributed by atoms with Crippen molar-refractivity contribution in [2.45, 2.75) is 39.0 Å². The second-order valence-corrected chi connectivity index (χ2v) is 10.5. The van der Waals surface area contributed by atoms with Crippen molar-refractivity contribution in [3.63, 3.8) is 0 Å². The van der Waals surface area contributed by atoms with Crippen molar-refractivity contribution < 1.29 is 24.2 Å². The van der Waals surface area contributed by atoms with Crippen LogP contribution in [0.3, 0.4) is 0 Å². The molecule has 2 N–H and O–H groups in total. The summed E-state index contributed by atoms with van der Waals surface area (Å²) in [6, 6.07) is 16.3. The van der Waals surface area contributed by atoms with E-state index in [1.165, 1.54) is 11.1 Å². The summed E-state index contributed by atoms with van der Waals surface area (Å²) in [6.45, 7) is 4.82. The molecule has 7 heteroatoms. The number of hydrogen-bond donors (Lipinski definition) is 2. The number of nitrogens with zero attached hydrogens (tertiary/aromatic N) is 1. The highest BCUT2D eigenvalue weighted by molar-refractivity contribution is 5.85. The smallest absolute Gasteiger partial charge is 0.407 e. The molecule has 1 aliphatic heterocycles. The summed E-state index contributed by atoms with van der Waals surface area (Å²) in [5.41, 5.74) is 3.54. The molecule has 2 aliphatic carbocycles. The first-order chi connectivity index (χ1) is 16.8. The van der Waals surface area contributed by atoms with Crippen molar-refractivity contribution in [3.05, 3.63) is 59.7 Å². The van der Waals surface area contributed by atoms with Crippen molar-refractivity contribution in [2.24, 2.45) is 16.7 Å². The molecule has 7 nitrogen and oxygen atoms in total. The van der Waals surface area contributed by atoms with Crippen LogP contribution in [0.4, 0.5) is 4.79 Å². The summed E-state index contributed by atoms with van der Waals surface area (Å²) < 4.78 is 5.62. The molecule has 2 amide bonds. The van der Waals surface area contributed by atoms with Crippen LogP contribution in [0.25, 0.3) is 11.1 Å². The van der Waals surface area contributed by atoms with Crippen LogP contribution in [0.1, 0.15) is 50.2 Å². The molecule has 0 radical (unpaired) electrons. The number of fused-ring (bicyclic) bond motifs is 3. The van der Waals surface area contributed by atoms with Crippen molar-refractivity contribution in [2.75, 3.05) is 26.2 Å². The SMILES string of the molecule is CCC(C)(CNC(=O)OCC1c2ccccc2-c2ccccc21)C(=O)N1CC(C(=O)O)C2(CC2)C1.